The standard InChI is InChI=1S/C7H16.C6H7N5.CH4/c1-4-7(5-2)6-3;1-3-4-5(9-2-8-4)11-6(7)10-3;/h7H,4-6H2,1-3H3;2H,1H3,(H3,7,8,9,10,11);1H4. The molecule has 0 amide bonds. The Kier molecular flexibility index (Phi) is 7.72. The molecule has 0 bridgehead atoms. The number of aromatic amines is 1. The maximum Gasteiger partial charge on any atom is 0.222 e. The van der Waals surface area contributed by atoms with Crippen LogP contribution < -0.4 is 5.73 Å². The third-order valence-electron chi connectivity index (χ3n) is 3.22. The van der Waals surface area contributed by atoms with Gasteiger partial charge in [-0.1, -0.05) is 47.5 Å². The topological polar surface area (TPSA) is 80.5 Å². The average Bonchev–Trinajstić information content (AvgIpc) is 2.80. The van der Waals surface area contributed by atoms with Crippen molar-refractivity contribution < 1.29 is 0 Å². The van der Waals surface area contributed by atoms with E-state index >= 15 is 0 Å². The molecular formula is C14H27N5. The largest absolute Gasteiger partial charge is 0.368 e. The summed E-state index contributed by atoms with van der Waals surface area (Å²) in [6.45, 7) is 8.64. The highest BCUT2D eigenvalue weighted by molar-refractivity contribution is 5.73. The molecule has 2 heterocycles. The summed E-state index contributed by atoms with van der Waals surface area (Å²) in [6.07, 6.45) is 5.64. The van der Waals surface area contributed by atoms with Crippen molar-refractivity contribution in [2.75, 3.05) is 5.73 Å². The van der Waals surface area contributed by atoms with Crippen LogP contribution in [0.15, 0.2) is 6.33 Å². The van der Waals surface area contributed by atoms with Gasteiger partial charge >= 0.3 is 0 Å². The second kappa shape index (κ2) is 8.45. The number of aromatic nitrogens is 4. The van der Waals surface area contributed by atoms with Gasteiger partial charge in [0.25, 0.3) is 0 Å². The van der Waals surface area contributed by atoms with Gasteiger partial charge < -0.3 is 10.7 Å². The molecule has 0 radical (unpaired) electrons. The number of H-pyrrole nitrogens is 1. The van der Waals surface area contributed by atoms with E-state index in [1.807, 2.05) is 6.92 Å². The van der Waals surface area contributed by atoms with Gasteiger partial charge in [0.15, 0.2) is 5.65 Å². The van der Waals surface area contributed by atoms with Crippen molar-refractivity contribution in [3.63, 3.8) is 0 Å². The first-order valence-corrected chi connectivity index (χ1v) is 6.55. The van der Waals surface area contributed by atoms with Gasteiger partial charge in [-0.05, 0) is 12.8 Å². The van der Waals surface area contributed by atoms with E-state index in [4.69, 9.17) is 5.73 Å². The summed E-state index contributed by atoms with van der Waals surface area (Å²) in [5.74, 6) is 1.25. The van der Waals surface area contributed by atoms with Crippen LogP contribution in [0.4, 0.5) is 5.95 Å². The summed E-state index contributed by atoms with van der Waals surface area (Å²) in [7, 11) is 0. The molecule has 0 aliphatic carbocycles. The van der Waals surface area contributed by atoms with Crippen LogP contribution in [0.5, 0.6) is 0 Å². The predicted octanol–water partition coefficient (Wildman–Crippen LogP) is 3.71. The first-order chi connectivity index (χ1) is 8.62. The van der Waals surface area contributed by atoms with Crippen molar-refractivity contribution in [3.05, 3.63) is 12.0 Å². The number of imidazole rings is 1. The molecular weight excluding hydrogens is 238 g/mol. The fraction of sp³-hybridized carbons (Fsp3) is 0.643. The summed E-state index contributed by atoms with van der Waals surface area (Å²) in [4.78, 5) is 14.8. The number of anilines is 1. The van der Waals surface area contributed by atoms with Crippen LogP contribution >= 0.6 is 0 Å². The van der Waals surface area contributed by atoms with Gasteiger partial charge in [-0.3, -0.25) is 0 Å². The van der Waals surface area contributed by atoms with E-state index in [0.29, 0.717) is 5.65 Å². The van der Waals surface area contributed by atoms with Crippen LogP contribution in [0.1, 0.15) is 53.2 Å². The Morgan fingerprint density at radius 2 is 1.74 bits per heavy atom. The lowest BCUT2D eigenvalue weighted by molar-refractivity contribution is 0.477. The Morgan fingerprint density at radius 3 is 2.21 bits per heavy atom. The van der Waals surface area contributed by atoms with Crippen molar-refractivity contribution in [1.82, 2.24) is 19.9 Å². The maximum absolute atomic E-state index is 5.41. The molecule has 5 heteroatoms. The third kappa shape index (κ3) is 4.85. The zero-order valence-electron chi connectivity index (χ0n) is 11.7. The van der Waals surface area contributed by atoms with Gasteiger partial charge in [-0.25, -0.2) is 9.97 Å². The minimum Gasteiger partial charge on any atom is -0.368 e. The number of nitrogens with one attached hydrogen (secondary N) is 1. The van der Waals surface area contributed by atoms with E-state index in [0.717, 1.165) is 17.1 Å². The van der Waals surface area contributed by atoms with Crippen molar-refractivity contribution in [2.24, 2.45) is 5.92 Å². The molecule has 0 saturated carbocycles. The number of nitrogens with zero attached hydrogens (tertiary/aromatic N) is 3. The Bertz CT molecular complexity index is 468. The minimum atomic E-state index is 0. The second-order valence-corrected chi connectivity index (χ2v) is 4.36. The maximum atomic E-state index is 5.41. The van der Waals surface area contributed by atoms with Gasteiger partial charge in [0.05, 0.1) is 12.0 Å². The van der Waals surface area contributed by atoms with Gasteiger partial charge in [-0.15, -0.1) is 0 Å². The van der Waals surface area contributed by atoms with Crippen molar-refractivity contribution >= 4 is 17.1 Å². The van der Waals surface area contributed by atoms with E-state index in [9.17, 15) is 0 Å². The predicted molar refractivity (Wildman–Crippen MR) is 81.9 cm³/mol. The summed E-state index contributed by atoms with van der Waals surface area (Å²) in [5.41, 5.74) is 7.70. The summed E-state index contributed by atoms with van der Waals surface area (Å²) >= 11 is 0. The van der Waals surface area contributed by atoms with Gasteiger partial charge in [-0.2, -0.15) is 4.98 Å². The Hall–Kier alpha value is -1.65. The third-order valence-corrected chi connectivity index (χ3v) is 3.22. The Morgan fingerprint density at radius 1 is 1.16 bits per heavy atom. The lowest BCUT2D eigenvalue weighted by Gasteiger charge is -2.05. The van der Waals surface area contributed by atoms with E-state index in [1.54, 1.807) is 6.33 Å². The minimum absolute atomic E-state index is 0. The smallest absolute Gasteiger partial charge is 0.222 e. The molecule has 2 aromatic heterocycles. The Labute approximate surface area is 116 Å². The molecule has 0 aliphatic rings. The van der Waals surface area contributed by atoms with Crippen molar-refractivity contribution in [3.8, 4) is 0 Å². The highest BCUT2D eigenvalue weighted by atomic mass is 15.1. The number of aryl methyl sites for hydroxylation is 1. The van der Waals surface area contributed by atoms with Crippen LogP contribution in [0.3, 0.4) is 0 Å². The van der Waals surface area contributed by atoms with Crippen LogP contribution in [0, 0.1) is 12.8 Å². The zero-order chi connectivity index (χ0) is 13.5. The molecule has 0 spiro atoms. The number of hydrogen-bond acceptors (Lipinski definition) is 4. The number of fused-ring (bicyclic) bond motifs is 1. The fourth-order valence-electron chi connectivity index (χ4n) is 1.87. The lowest BCUT2D eigenvalue weighted by atomic mass is 10.0. The first kappa shape index (κ1) is 17.4. The highest BCUT2D eigenvalue weighted by Crippen LogP contribution is 2.10. The summed E-state index contributed by atoms with van der Waals surface area (Å²) < 4.78 is 0. The molecule has 0 atom stereocenters. The normalized spacial score (nSPS) is 9.95. The van der Waals surface area contributed by atoms with Gasteiger partial charge in [0, 0.05) is 0 Å². The lowest BCUT2D eigenvalue weighted by Crippen LogP contribution is -1.96. The molecule has 5 nitrogen and oxygen atoms in total. The quantitative estimate of drug-likeness (QED) is 0.886. The number of nitrogen functional groups attached to an aromatic ring is 1. The van der Waals surface area contributed by atoms with Crippen molar-refractivity contribution in [2.45, 2.75) is 54.4 Å². The van der Waals surface area contributed by atoms with Crippen LogP contribution in [-0.4, -0.2) is 19.9 Å². The Balaban J connectivity index is 0.000000360. The first-order valence-electron chi connectivity index (χ1n) is 6.55. The molecule has 108 valence electrons. The van der Waals surface area contributed by atoms with Crippen LogP contribution in [-0.2, 0) is 0 Å². The highest BCUT2D eigenvalue weighted by Gasteiger charge is 2.02. The molecule has 0 saturated heterocycles. The van der Waals surface area contributed by atoms with Crippen molar-refractivity contribution in [1.29, 1.82) is 0 Å². The molecule has 19 heavy (non-hydrogen) atoms. The molecule has 0 aromatic carbocycles. The number of hydrogen-bond donors (Lipinski definition) is 2. The van der Waals surface area contributed by atoms with Crippen LogP contribution in [0.2, 0.25) is 0 Å². The fourth-order valence-corrected chi connectivity index (χ4v) is 1.87. The van der Waals surface area contributed by atoms with Crippen LogP contribution in [0.25, 0.3) is 11.2 Å². The zero-order valence-corrected chi connectivity index (χ0v) is 11.7. The molecule has 0 aliphatic heterocycles. The summed E-state index contributed by atoms with van der Waals surface area (Å²) in [5, 5.41) is 0. The number of nitrogens with two attached hydrogens (primary N) is 1. The SMILES string of the molecule is C.CCC(CC)CC.Cc1nc(N)nc2nc[nH]c12. The average molecular weight is 265 g/mol. The monoisotopic (exact) mass is 265 g/mol. The molecule has 2 rings (SSSR count). The van der Waals surface area contributed by atoms with E-state index in [1.165, 1.54) is 19.3 Å². The molecule has 3 N–H and O–H groups in total. The van der Waals surface area contributed by atoms with E-state index in [-0.39, 0.29) is 13.4 Å². The summed E-state index contributed by atoms with van der Waals surface area (Å²) in [6, 6.07) is 0. The second-order valence-electron chi connectivity index (χ2n) is 4.36. The van der Waals surface area contributed by atoms with E-state index < -0.39 is 0 Å². The van der Waals surface area contributed by atoms with E-state index in [2.05, 4.69) is 40.7 Å². The molecule has 0 unspecified atom stereocenters. The molecule has 0 fully saturated rings. The molecule has 2 aromatic rings. The number of rotatable bonds is 3. The van der Waals surface area contributed by atoms with Gasteiger partial charge in [0.1, 0.15) is 5.52 Å². The van der Waals surface area contributed by atoms with Gasteiger partial charge in [0.2, 0.25) is 5.95 Å².